The van der Waals surface area contributed by atoms with Crippen LogP contribution in [-0.4, -0.2) is 39.7 Å². The van der Waals surface area contributed by atoms with Gasteiger partial charge in [0.25, 0.3) is 5.91 Å². The summed E-state index contributed by atoms with van der Waals surface area (Å²) < 4.78 is 0. The van der Waals surface area contributed by atoms with Gasteiger partial charge in [0.05, 0.1) is 6.10 Å². The summed E-state index contributed by atoms with van der Waals surface area (Å²) in [5.74, 6) is -0.364. The molecule has 1 aromatic rings. The van der Waals surface area contributed by atoms with Crippen LogP contribution in [0.3, 0.4) is 0 Å². The van der Waals surface area contributed by atoms with Crippen molar-refractivity contribution >= 4 is 29.1 Å². The second kappa shape index (κ2) is 6.97. The zero-order chi connectivity index (χ0) is 15.6. The molecule has 1 heterocycles. The van der Waals surface area contributed by atoms with Crippen molar-refractivity contribution in [3.63, 3.8) is 0 Å². The molecule has 116 valence electrons. The van der Waals surface area contributed by atoms with Crippen molar-refractivity contribution in [3.8, 4) is 0 Å². The quantitative estimate of drug-likeness (QED) is 0.891. The van der Waals surface area contributed by atoms with E-state index in [4.69, 9.17) is 23.2 Å². The van der Waals surface area contributed by atoms with Crippen LogP contribution in [0.1, 0.15) is 37.9 Å². The Morgan fingerprint density at radius 2 is 1.95 bits per heavy atom. The molecular formula is C15H19Cl2NO3. The Labute approximate surface area is 134 Å². The van der Waals surface area contributed by atoms with Gasteiger partial charge < -0.3 is 15.1 Å². The highest BCUT2D eigenvalue weighted by molar-refractivity contribution is 6.34. The highest BCUT2D eigenvalue weighted by atomic mass is 35.5. The summed E-state index contributed by atoms with van der Waals surface area (Å²) in [7, 11) is 0. The summed E-state index contributed by atoms with van der Waals surface area (Å²) >= 11 is 11.8. The van der Waals surface area contributed by atoms with E-state index in [1.54, 1.807) is 17.9 Å². The average molecular weight is 332 g/mol. The van der Waals surface area contributed by atoms with Crippen LogP contribution in [0.2, 0.25) is 10.0 Å². The number of halogens is 2. The van der Waals surface area contributed by atoms with Gasteiger partial charge in [-0.15, -0.1) is 0 Å². The van der Waals surface area contributed by atoms with Gasteiger partial charge in [0, 0.05) is 22.6 Å². The first-order valence-electron chi connectivity index (χ1n) is 7.01. The molecule has 0 saturated carbocycles. The number of benzene rings is 1. The first-order chi connectivity index (χ1) is 9.88. The molecule has 4 nitrogen and oxygen atoms in total. The lowest BCUT2D eigenvalue weighted by Gasteiger charge is -2.28. The number of rotatable bonds is 4. The Morgan fingerprint density at radius 1 is 1.33 bits per heavy atom. The number of carbonyl (C=O) groups excluding carboxylic acids is 1. The van der Waals surface area contributed by atoms with Gasteiger partial charge in [-0.25, -0.2) is 0 Å². The third-order valence-corrected chi connectivity index (χ3v) is 4.14. The van der Waals surface area contributed by atoms with Gasteiger partial charge in [-0.05, 0) is 49.9 Å². The Balaban J connectivity index is 2.14. The number of amides is 1. The molecule has 3 atom stereocenters. The van der Waals surface area contributed by atoms with Gasteiger partial charge in [-0.2, -0.15) is 0 Å². The Bertz CT molecular complexity index is 501. The summed E-state index contributed by atoms with van der Waals surface area (Å²) in [4.78, 5) is 14.1. The molecule has 1 fully saturated rings. The molecule has 0 aliphatic carbocycles. The minimum atomic E-state index is -1.28. The SMILES string of the molecule is CC(O)CC1CCCN1C(=O)C(O)c1cc(Cl)cc(Cl)c1. The van der Waals surface area contributed by atoms with Crippen molar-refractivity contribution in [3.05, 3.63) is 33.8 Å². The van der Waals surface area contributed by atoms with Crippen LogP contribution in [0.25, 0.3) is 0 Å². The van der Waals surface area contributed by atoms with Crippen molar-refractivity contribution < 1.29 is 15.0 Å². The molecule has 1 aliphatic rings. The van der Waals surface area contributed by atoms with Crippen LogP contribution in [0.5, 0.6) is 0 Å². The van der Waals surface area contributed by atoms with E-state index in [1.165, 1.54) is 12.1 Å². The summed E-state index contributed by atoms with van der Waals surface area (Å²) in [6.07, 6.45) is 0.498. The lowest BCUT2D eigenvalue weighted by molar-refractivity contribution is -0.141. The minimum absolute atomic E-state index is 0.0261. The van der Waals surface area contributed by atoms with Crippen molar-refractivity contribution in [2.75, 3.05) is 6.54 Å². The number of likely N-dealkylation sites (tertiary alicyclic amines) is 1. The normalized spacial score (nSPS) is 21.4. The molecule has 0 aromatic heterocycles. The molecule has 3 unspecified atom stereocenters. The van der Waals surface area contributed by atoms with Crippen LogP contribution in [-0.2, 0) is 4.79 Å². The topological polar surface area (TPSA) is 60.8 Å². The van der Waals surface area contributed by atoms with Crippen LogP contribution in [0.4, 0.5) is 0 Å². The third-order valence-electron chi connectivity index (χ3n) is 3.71. The van der Waals surface area contributed by atoms with Crippen molar-refractivity contribution in [1.29, 1.82) is 0 Å². The fraction of sp³-hybridized carbons (Fsp3) is 0.533. The van der Waals surface area contributed by atoms with Crippen LogP contribution >= 0.6 is 23.2 Å². The van der Waals surface area contributed by atoms with Gasteiger partial charge in [-0.3, -0.25) is 4.79 Å². The van der Waals surface area contributed by atoms with E-state index in [0.717, 1.165) is 12.8 Å². The number of hydrogen-bond acceptors (Lipinski definition) is 3. The van der Waals surface area contributed by atoms with E-state index in [-0.39, 0.29) is 11.9 Å². The maximum atomic E-state index is 12.5. The standard InChI is InChI=1S/C15H19Cl2NO3/c1-9(19)5-13-3-2-4-18(13)15(21)14(20)10-6-11(16)8-12(17)7-10/h6-9,13-14,19-20H,2-5H2,1H3. The monoisotopic (exact) mass is 331 g/mol. The predicted molar refractivity (Wildman–Crippen MR) is 82.5 cm³/mol. The minimum Gasteiger partial charge on any atom is -0.393 e. The number of nitrogens with zero attached hydrogens (tertiary/aromatic N) is 1. The highest BCUT2D eigenvalue weighted by Crippen LogP contribution is 2.28. The van der Waals surface area contributed by atoms with Gasteiger partial charge >= 0.3 is 0 Å². The molecule has 1 aromatic carbocycles. The molecule has 1 aliphatic heterocycles. The smallest absolute Gasteiger partial charge is 0.256 e. The van der Waals surface area contributed by atoms with Crippen LogP contribution in [0.15, 0.2) is 18.2 Å². The largest absolute Gasteiger partial charge is 0.393 e. The Morgan fingerprint density at radius 3 is 2.52 bits per heavy atom. The van der Waals surface area contributed by atoms with Crippen molar-refractivity contribution in [2.45, 2.75) is 44.4 Å². The number of carbonyl (C=O) groups is 1. The molecular weight excluding hydrogens is 313 g/mol. The lowest BCUT2D eigenvalue weighted by Crippen LogP contribution is -2.40. The molecule has 0 spiro atoms. The van der Waals surface area contributed by atoms with Gasteiger partial charge in [0.15, 0.2) is 6.10 Å². The molecule has 0 bridgehead atoms. The van der Waals surface area contributed by atoms with Gasteiger partial charge in [0.2, 0.25) is 0 Å². The second-order valence-electron chi connectivity index (χ2n) is 5.52. The fourth-order valence-corrected chi connectivity index (χ4v) is 3.34. The fourth-order valence-electron chi connectivity index (χ4n) is 2.80. The zero-order valence-corrected chi connectivity index (χ0v) is 13.3. The third kappa shape index (κ3) is 4.10. The molecule has 1 saturated heterocycles. The maximum absolute atomic E-state index is 12.5. The summed E-state index contributed by atoms with van der Waals surface area (Å²) in [6.45, 7) is 2.30. The summed E-state index contributed by atoms with van der Waals surface area (Å²) in [5.41, 5.74) is 0.389. The lowest BCUT2D eigenvalue weighted by atomic mass is 10.1. The van der Waals surface area contributed by atoms with Crippen LogP contribution < -0.4 is 0 Å². The van der Waals surface area contributed by atoms with E-state index in [9.17, 15) is 15.0 Å². The summed E-state index contributed by atoms with van der Waals surface area (Å²) in [6, 6.07) is 4.60. The van der Waals surface area contributed by atoms with Crippen molar-refractivity contribution in [2.24, 2.45) is 0 Å². The van der Waals surface area contributed by atoms with Crippen molar-refractivity contribution in [1.82, 2.24) is 4.90 Å². The first kappa shape index (κ1) is 16.6. The van der Waals surface area contributed by atoms with E-state index in [1.807, 2.05) is 0 Å². The van der Waals surface area contributed by atoms with Gasteiger partial charge in [-0.1, -0.05) is 23.2 Å². The second-order valence-corrected chi connectivity index (χ2v) is 6.39. The Hall–Kier alpha value is -0.810. The number of hydrogen-bond donors (Lipinski definition) is 2. The molecule has 2 rings (SSSR count). The number of aliphatic hydroxyl groups is 2. The Kier molecular flexibility index (Phi) is 5.49. The zero-order valence-electron chi connectivity index (χ0n) is 11.8. The van der Waals surface area contributed by atoms with Gasteiger partial charge in [0.1, 0.15) is 0 Å². The molecule has 21 heavy (non-hydrogen) atoms. The molecule has 2 N–H and O–H groups in total. The molecule has 1 amide bonds. The predicted octanol–water partition coefficient (Wildman–Crippen LogP) is 2.79. The maximum Gasteiger partial charge on any atom is 0.256 e. The first-order valence-corrected chi connectivity index (χ1v) is 7.76. The van der Waals surface area contributed by atoms with E-state index in [0.29, 0.717) is 28.6 Å². The molecule has 0 radical (unpaired) electrons. The van der Waals surface area contributed by atoms with Crippen LogP contribution in [0, 0.1) is 0 Å². The number of aliphatic hydroxyl groups excluding tert-OH is 2. The molecule has 6 heteroatoms. The highest BCUT2D eigenvalue weighted by Gasteiger charge is 2.33. The van der Waals surface area contributed by atoms with E-state index in [2.05, 4.69) is 0 Å². The summed E-state index contributed by atoms with van der Waals surface area (Å²) in [5, 5.41) is 20.5. The average Bonchev–Trinajstić information content (AvgIpc) is 2.83. The van der Waals surface area contributed by atoms with E-state index < -0.39 is 12.2 Å². The van der Waals surface area contributed by atoms with E-state index >= 15 is 0 Å².